The van der Waals surface area contributed by atoms with E-state index >= 15 is 0 Å². The maximum Gasteiger partial charge on any atom is 0.407 e. The first kappa shape index (κ1) is 30.9. The van der Waals surface area contributed by atoms with Crippen molar-refractivity contribution in [2.45, 2.75) is 82.9 Å². The number of rotatable bonds is 10. The number of alkyl carbamates (subject to hydrolysis) is 2. The van der Waals surface area contributed by atoms with Crippen molar-refractivity contribution in [2.24, 2.45) is 5.92 Å². The smallest absolute Gasteiger partial charge is 0.407 e. The SMILES string of the molecule is CC(C)(C)OC(=O)NC1CCC(CNC(=O)CCC(NC(=O)OCC2c3ccccc3-c3ccccc32)C(=O)O)CC1. The summed E-state index contributed by atoms with van der Waals surface area (Å²) in [6.07, 6.45) is 1.94. The molecule has 0 aromatic heterocycles. The van der Waals surface area contributed by atoms with Gasteiger partial charge in [0.05, 0.1) is 0 Å². The predicted octanol–water partition coefficient (Wildman–Crippen LogP) is 4.96. The zero-order valence-corrected chi connectivity index (χ0v) is 24.5. The Hall–Kier alpha value is -4.08. The van der Waals surface area contributed by atoms with Crippen LogP contribution in [-0.2, 0) is 19.1 Å². The number of carboxylic acids is 1. The molecule has 3 amide bonds. The van der Waals surface area contributed by atoms with E-state index in [2.05, 4.69) is 16.0 Å². The van der Waals surface area contributed by atoms with Crippen molar-refractivity contribution in [1.82, 2.24) is 16.0 Å². The topological polar surface area (TPSA) is 143 Å². The summed E-state index contributed by atoms with van der Waals surface area (Å²) in [4.78, 5) is 48.8. The number of carboxylic acid groups (broad SMARTS) is 1. The van der Waals surface area contributed by atoms with Gasteiger partial charge in [0.2, 0.25) is 5.91 Å². The van der Waals surface area contributed by atoms with Gasteiger partial charge in [0.25, 0.3) is 0 Å². The molecule has 1 saturated carbocycles. The van der Waals surface area contributed by atoms with Crippen LogP contribution in [0.5, 0.6) is 0 Å². The third kappa shape index (κ3) is 8.47. The van der Waals surface area contributed by atoms with Crippen LogP contribution < -0.4 is 16.0 Å². The Bertz CT molecular complexity index is 1240. The molecule has 42 heavy (non-hydrogen) atoms. The molecular formula is C32H41N3O7. The van der Waals surface area contributed by atoms with Gasteiger partial charge in [0, 0.05) is 24.9 Å². The maximum absolute atomic E-state index is 12.5. The monoisotopic (exact) mass is 579 g/mol. The number of carbonyl (C=O) groups excluding carboxylic acids is 3. The van der Waals surface area contributed by atoms with Crippen LogP contribution in [0.1, 0.15) is 76.3 Å². The molecule has 4 N–H and O–H groups in total. The second kappa shape index (κ2) is 13.7. The number of benzene rings is 2. The largest absolute Gasteiger partial charge is 0.480 e. The first-order valence-corrected chi connectivity index (χ1v) is 14.6. The van der Waals surface area contributed by atoms with Crippen LogP contribution in [0.2, 0.25) is 0 Å². The van der Waals surface area contributed by atoms with E-state index in [4.69, 9.17) is 9.47 Å². The van der Waals surface area contributed by atoms with E-state index in [1.165, 1.54) is 0 Å². The average Bonchev–Trinajstić information content (AvgIpc) is 3.26. The first-order valence-electron chi connectivity index (χ1n) is 14.6. The number of carbonyl (C=O) groups is 4. The van der Waals surface area contributed by atoms with Gasteiger partial charge in [-0.05, 0) is 81.0 Å². The van der Waals surface area contributed by atoms with Crippen LogP contribution in [-0.4, -0.2) is 60.0 Å². The van der Waals surface area contributed by atoms with Gasteiger partial charge in [-0.1, -0.05) is 48.5 Å². The molecule has 2 aromatic carbocycles. The summed E-state index contributed by atoms with van der Waals surface area (Å²) < 4.78 is 10.8. The Morgan fingerprint density at radius 3 is 2.07 bits per heavy atom. The lowest BCUT2D eigenvalue weighted by Crippen LogP contribution is -2.43. The number of nitrogens with one attached hydrogen (secondary N) is 3. The fraction of sp³-hybridized carbons (Fsp3) is 0.500. The molecule has 0 heterocycles. The second-order valence-corrected chi connectivity index (χ2v) is 12.1. The van der Waals surface area contributed by atoms with Crippen LogP contribution in [0.25, 0.3) is 11.1 Å². The molecule has 2 aromatic rings. The third-order valence-corrected chi connectivity index (χ3v) is 7.75. The molecule has 0 aliphatic heterocycles. The number of aliphatic carboxylic acids is 1. The Balaban J connectivity index is 1.17. The van der Waals surface area contributed by atoms with Gasteiger partial charge < -0.3 is 30.5 Å². The van der Waals surface area contributed by atoms with Crippen LogP contribution in [0, 0.1) is 5.92 Å². The minimum atomic E-state index is -1.25. The molecule has 10 nitrogen and oxygen atoms in total. The molecule has 1 unspecified atom stereocenters. The van der Waals surface area contributed by atoms with Crippen LogP contribution in [0.4, 0.5) is 9.59 Å². The lowest BCUT2D eigenvalue weighted by Gasteiger charge is -2.30. The minimum absolute atomic E-state index is 0.0455. The van der Waals surface area contributed by atoms with Crippen LogP contribution in [0.15, 0.2) is 48.5 Å². The summed E-state index contributed by atoms with van der Waals surface area (Å²) in [6, 6.07) is 14.7. The summed E-state index contributed by atoms with van der Waals surface area (Å²) in [6.45, 7) is 6.02. The zero-order chi connectivity index (χ0) is 30.3. The van der Waals surface area contributed by atoms with Gasteiger partial charge in [-0.2, -0.15) is 0 Å². The van der Waals surface area contributed by atoms with Crippen LogP contribution in [0.3, 0.4) is 0 Å². The summed E-state index contributed by atoms with van der Waals surface area (Å²) >= 11 is 0. The number of amides is 3. The molecule has 4 rings (SSSR count). The number of hydrogen-bond donors (Lipinski definition) is 4. The van der Waals surface area contributed by atoms with Crippen molar-refractivity contribution in [2.75, 3.05) is 13.2 Å². The Labute approximate surface area is 246 Å². The molecule has 2 aliphatic carbocycles. The summed E-state index contributed by atoms with van der Waals surface area (Å²) in [5.41, 5.74) is 3.77. The molecule has 2 aliphatic rings. The molecule has 0 spiro atoms. The molecule has 0 bridgehead atoms. The standard InChI is InChI=1S/C32H41N3O7/c1-32(2,3)42-31(40)34-21-14-12-20(13-15-21)18-33-28(36)17-16-27(29(37)38)35-30(39)41-19-26-24-10-6-4-8-22(24)23-9-5-7-11-25(23)26/h4-11,20-21,26-27H,12-19H2,1-3H3,(H,33,36)(H,34,40)(H,35,39)(H,37,38). The molecular weight excluding hydrogens is 538 g/mol. The van der Waals surface area contributed by atoms with E-state index in [1.807, 2.05) is 69.3 Å². The van der Waals surface area contributed by atoms with Gasteiger partial charge in [-0.15, -0.1) is 0 Å². The highest BCUT2D eigenvalue weighted by molar-refractivity contribution is 5.82. The molecule has 226 valence electrons. The Morgan fingerprint density at radius 1 is 0.905 bits per heavy atom. The lowest BCUT2D eigenvalue weighted by atomic mass is 9.86. The van der Waals surface area contributed by atoms with Crippen molar-refractivity contribution in [3.63, 3.8) is 0 Å². The van der Waals surface area contributed by atoms with Crippen molar-refractivity contribution < 1.29 is 33.8 Å². The average molecular weight is 580 g/mol. The Kier molecular flexibility index (Phi) is 10.1. The molecule has 1 fully saturated rings. The highest BCUT2D eigenvalue weighted by atomic mass is 16.6. The highest BCUT2D eigenvalue weighted by Crippen LogP contribution is 2.44. The summed E-state index contributed by atoms with van der Waals surface area (Å²) in [5, 5.41) is 17.8. The van der Waals surface area contributed by atoms with Crippen molar-refractivity contribution in [3.8, 4) is 11.1 Å². The van der Waals surface area contributed by atoms with Gasteiger partial charge >= 0.3 is 18.2 Å². The van der Waals surface area contributed by atoms with E-state index in [9.17, 15) is 24.3 Å². The normalized spacial score (nSPS) is 18.6. The van der Waals surface area contributed by atoms with Gasteiger partial charge in [0.15, 0.2) is 0 Å². The van der Waals surface area contributed by atoms with E-state index in [0.717, 1.165) is 47.9 Å². The lowest BCUT2D eigenvalue weighted by molar-refractivity contribution is -0.139. The highest BCUT2D eigenvalue weighted by Gasteiger charge is 2.30. The second-order valence-electron chi connectivity index (χ2n) is 12.1. The summed E-state index contributed by atoms with van der Waals surface area (Å²) in [5.74, 6) is -1.36. The fourth-order valence-electron chi connectivity index (χ4n) is 5.65. The maximum atomic E-state index is 12.5. The number of hydrogen-bond acceptors (Lipinski definition) is 6. The van der Waals surface area contributed by atoms with E-state index in [1.54, 1.807) is 0 Å². The van der Waals surface area contributed by atoms with Crippen LogP contribution >= 0.6 is 0 Å². The minimum Gasteiger partial charge on any atom is -0.480 e. The van der Waals surface area contributed by atoms with Gasteiger partial charge in [-0.25, -0.2) is 14.4 Å². The quantitative estimate of drug-likeness (QED) is 0.312. The van der Waals surface area contributed by atoms with Crippen molar-refractivity contribution in [3.05, 3.63) is 59.7 Å². The molecule has 10 heteroatoms. The van der Waals surface area contributed by atoms with Crippen molar-refractivity contribution in [1.29, 1.82) is 0 Å². The van der Waals surface area contributed by atoms with Gasteiger partial charge in [-0.3, -0.25) is 4.79 Å². The number of fused-ring (bicyclic) bond motifs is 3. The first-order chi connectivity index (χ1) is 20.0. The van der Waals surface area contributed by atoms with E-state index < -0.39 is 29.8 Å². The van der Waals surface area contributed by atoms with Crippen molar-refractivity contribution >= 4 is 24.1 Å². The molecule has 0 saturated heterocycles. The van der Waals surface area contributed by atoms with Gasteiger partial charge in [0.1, 0.15) is 18.2 Å². The molecule has 1 atom stereocenters. The summed E-state index contributed by atoms with van der Waals surface area (Å²) in [7, 11) is 0. The third-order valence-electron chi connectivity index (χ3n) is 7.75. The fourth-order valence-corrected chi connectivity index (χ4v) is 5.65. The number of ether oxygens (including phenoxy) is 2. The molecule has 0 radical (unpaired) electrons. The van der Waals surface area contributed by atoms with E-state index in [-0.39, 0.29) is 43.2 Å². The zero-order valence-electron chi connectivity index (χ0n) is 24.5. The predicted molar refractivity (Wildman–Crippen MR) is 157 cm³/mol. The Morgan fingerprint density at radius 2 is 1.50 bits per heavy atom. The van der Waals surface area contributed by atoms with E-state index in [0.29, 0.717) is 6.54 Å².